The molecule has 0 radical (unpaired) electrons. The lowest BCUT2D eigenvalue weighted by molar-refractivity contribution is 0.100. The van der Waals surface area contributed by atoms with E-state index in [9.17, 15) is 13.2 Å². The molecule has 8 heteroatoms. The van der Waals surface area contributed by atoms with Crippen LogP contribution in [0.1, 0.15) is 10.4 Å². The van der Waals surface area contributed by atoms with Crippen LogP contribution in [0, 0.1) is 0 Å². The van der Waals surface area contributed by atoms with Crippen molar-refractivity contribution in [3.63, 3.8) is 0 Å². The largest absolute Gasteiger partial charge is 0.316 e. The van der Waals surface area contributed by atoms with Gasteiger partial charge in [0.25, 0.3) is 5.91 Å². The number of carbonyl (C=O) groups excluding carboxylic acids is 1. The van der Waals surface area contributed by atoms with Gasteiger partial charge in [0.1, 0.15) is 0 Å². The summed E-state index contributed by atoms with van der Waals surface area (Å²) >= 11 is 7.33. The Morgan fingerprint density at radius 3 is 2.46 bits per heavy atom. The highest BCUT2D eigenvalue weighted by Crippen LogP contribution is 2.41. The van der Waals surface area contributed by atoms with Crippen LogP contribution in [-0.4, -0.2) is 42.3 Å². The van der Waals surface area contributed by atoms with Crippen molar-refractivity contribution in [3.8, 4) is 0 Å². The third-order valence-corrected chi connectivity index (χ3v) is 7.85. The van der Waals surface area contributed by atoms with E-state index in [2.05, 4.69) is 4.99 Å². The number of anilines is 1. The van der Waals surface area contributed by atoms with Gasteiger partial charge >= 0.3 is 0 Å². The molecule has 0 aliphatic carbocycles. The average molecular weight is 407 g/mol. The first-order valence-corrected chi connectivity index (χ1v) is 11.1. The lowest BCUT2D eigenvalue weighted by Crippen LogP contribution is -2.37. The van der Waals surface area contributed by atoms with E-state index < -0.39 is 9.84 Å². The van der Waals surface area contributed by atoms with Crippen molar-refractivity contribution < 1.29 is 13.2 Å². The van der Waals surface area contributed by atoms with Crippen LogP contribution in [0.5, 0.6) is 0 Å². The maximum atomic E-state index is 12.5. The Hall–Kier alpha value is -1.83. The first-order valence-electron chi connectivity index (χ1n) is 8.03. The fourth-order valence-electron chi connectivity index (χ4n) is 3.20. The first kappa shape index (κ1) is 17.6. The van der Waals surface area contributed by atoms with Crippen LogP contribution in [0.3, 0.4) is 0 Å². The number of amides is 1. The van der Waals surface area contributed by atoms with Gasteiger partial charge in [0.2, 0.25) is 0 Å². The van der Waals surface area contributed by atoms with E-state index >= 15 is 0 Å². The van der Waals surface area contributed by atoms with Gasteiger partial charge < -0.3 is 4.90 Å². The Balaban J connectivity index is 1.72. The number of amidine groups is 1. The van der Waals surface area contributed by atoms with Gasteiger partial charge in [0.15, 0.2) is 15.0 Å². The molecule has 0 saturated carbocycles. The van der Waals surface area contributed by atoms with Crippen molar-refractivity contribution in [3.05, 3.63) is 65.2 Å². The van der Waals surface area contributed by atoms with Crippen LogP contribution < -0.4 is 4.90 Å². The summed E-state index contributed by atoms with van der Waals surface area (Å²) in [4.78, 5) is 18.7. The average Bonchev–Trinajstić information content (AvgIpc) is 3.07. The van der Waals surface area contributed by atoms with E-state index in [1.54, 1.807) is 36.4 Å². The summed E-state index contributed by atoms with van der Waals surface area (Å²) in [5.74, 6) is -0.175. The summed E-state index contributed by atoms with van der Waals surface area (Å²) in [5.41, 5.74) is 1.28. The third kappa shape index (κ3) is 3.39. The molecule has 0 bridgehead atoms. The predicted molar refractivity (Wildman–Crippen MR) is 106 cm³/mol. The highest BCUT2D eigenvalue weighted by atomic mass is 35.5. The van der Waals surface area contributed by atoms with Gasteiger partial charge in [-0.2, -0.15) is 4.99 Å². The molecular formula is C18H15ClN2O3S2. The van der Waals surface area contributed by atoms with Gasteiger partial charge in [-0.25, -0.2) is 8.42 Å². The van der Waals surface area contributed by atoms with Gasteiger partial charge in [-0.05, 0) is 36.4 Å². The Bertz CT molecular complexity index is 975. The van der Waals surface area contributed by atoms with E-state index in [0.29, 0.717) is 15.8 Å². The van der Waals surface area contributed by atoms with E-state index in [-0.39, 0.29) is 28.7 Å². The van der Waals surface area contributed by atoms with Crippen LogP contribution in [0.2, 0.25) is 5.02 Å². The lowest BCUT2D eigenvalue weighted by atomic mass is 10.2. The maximum absolute atomic E-state index is 12.5. The molecule has 0 aromatic heterocycles. The highest BCUT2D eigenvalue weighted by Gasteiger charge is 2.49. The van der Waals surface area contributed by atoms with Crippen LogP contribution in [0.25, 0.3) is 0 Å². The van der Waals surface area contributed by atoms with Crippen molar-refractivity contribution in [1.29, 1.82) is 0 Å². The smallest absolute Gasteiger partial charge is 0.279 e. The van der Waals surface area contributed by atoms with E-state index in [1.165, 1.54) is 11.8 Å². The standard InChI is InChI=1S/C18H15ClN2O3S2/c19-13-6-8-14(9-7-13)21-15-10-26(23,24)11-16(15)25-18(21)20-17(22)12-4-2-1-3-5-12/h1-9,15-16H,10-11H2/t15-,16-/m1/s1. The number of nitrogens with zero attached hydrogens (tertiary/aromatic N) is 2. The second kappa shape index (κ2) is 6.72. The molecule has 2 saturated heterocycles. The maximum Gasteiger partial charge on any atom is 0.279 e. The van der Waals surface area contributed by atoms with Crippen molar-refractivity contribution in [2.45, 2.75) is 11.3 Å². The summed E-state index contributed by atoms with van der Waals surface area (Å²) in [6.45, 7) is 0. The van der Waals surface area contributed by atoms with Gasteiger partial charge in [-0.3, -0.25) is 4.79 Å². The number of fused-ring (bicyclic) bond motifs is 1. The molecule has 0 spiro atoms. The molecule has 2 aromatic carbocycles. The minimum Gasteiger partial charge on any atom is -0.316 e. The number of thioether (sulfide) groups is 1. The summed E-state index contributed by atoms with van der Waals surface area (Å²) in [6.07, 6.45) is 0. The molecule has 2 aliphatic rings. The minimum atomic E-state index is -3.09. The Morgan fingerprint density at radius 1 is 1.08 bits per heavy atom. The molecule has 1 amide bonds. The van der Waals surface area contributed by atoms with Crippen LogP contribution in [0.4, 0.5) is 5.69 Å². The van der Waals surface area contributed by atoms with E-state index in [4.69, 9.17) is 11.6 Å². The van der Waals surface area contributed by atoms with Gasteiger partial charge in [0, 0.05) is 21.5 Å². The predicted octanol–water partition coefficient (Wildman–Crippen LogP) is 3.26. The topological polar surface area (TPSA) is 66.8 Å². The fraction of sp³-hybridized carbons (Fsp3) is 0.222. The first-order chi connectivity index (χ1) is 12.4. The molecular weight excluding hydrogens is 392 g/mol. The summed E-state index contributed by atoms with van der Waals surface area (Å²) in [7, 11) is -3.09. The minimum absolute atomic E-state index is 0.0613. The summed E-state index contributed by atoms with van der Waals surface area (Å²) < 4.78 is 24.1. The number of benzene rings is 2. The van der Waals surface area contributed by atoms with Crippen molar-refractivity contribution in [2.24, 2.45) is 4.99 Å². The third-order valence-electron chi connectivity index (χ3n) is 4.39. The monoisotopic (exact) mass is 406 g/mol. The van der Waals surface area contributed by atoms with Gasteiger partial charge in [-0.1, -0.05) is 41.6 Å². The molecule has 134 valence electrons. The fourth-order valence-corrected chi connectivity index (χ4v) is 7.24. The Labute approximate surface area is 161 Å². The number of hydrogen-bond donors (Lipinski definition) is 0. The number of rotatable bonds is 2. The van der Waals surface area contributed by atoms with Crippen molar-refractivity contribution in [1.82, 2.24) is 0 Å². The Morgan fingerprint density at radius 2 is 1.77 bits per heavy atom. The zero-order valence-corrected chi connectivity index (χ0v) is 16.0. The van der Waals surface area contributed by atoms with Crippen molar-refractivity contribution >= 4 is 50.0 Å². The van der Waals surface area contributed by atoms with Gasteiger partial charge in [-0.15, -0.1) is 0 Å². The molecule has 2 atom stereocenters. The Kier molecular flexibility index (Phi) is 4.54. The number of halogens is 1. The zero-order valence-electron chi connectivity index (χ0n) is 13.6. The second-order valence-electron chi connectivity index (χ2n) is 6.21. The second-order valence-corrected chi connectivity index (χ2v) is 10.0. The van der Waals surface area contributed by atoms with Gasteiger partial charge in [0.05, 0.1) is 17.5 Å². The van der Waals surface area contributed by atoms with Crippen LogP contribution >= 0.6 is 23.4 Å². The molecule has 2 fully saturated rings. The number of hydrogen-bond acceptors (Lipinski definition) is 4. The SMILES string of the molecule is O=C(N=C1S[C@@H]2CS(=O)(=O)C[C@H]2N1c1ccc(Cl)cc1)c1ccccc1. The molecule has 0 unspecified atom stereocenters. The molecule has 2 aromatic rings. The zero-order chi connectivity index (χ0) is 18.3. The molecule has 2 aliphatic heterocycles. The summed E-state index contributed by atoms with van der Waals surface area (Å²) in [5, 5.41) is 0.999. The van der Waals surface area contributed by atoms with Crippen molar-refractivity contribution in [2.75, 3.05) is 16.4 Å². The molecule has 5 nitrogen and oxygen atoms in total. The number of sulfone groups is 1. The number of carbonyl (C=O) groups is 1. The molecule has 26 heavy (non-hydrogen) atoms. The normalized spacial score (nSPS) is 25.4. The summed E-state index contributed by atoms with van der Waals surface area (Å²) in [6, 6.07) is 15.7. The molecule has 4 rings (SSSR count). The van der Waals surface area contributed by atoms with E-state index in [0.717, 1.165) is 5.69 Å². The van der Waals surface area contributed by atoms with Crippen LogP contribution in [-0.2, 0) is 9.84 Å². The lowest BCUT2D eigenvalue weighted by Gasteiger charge is -2.24. The number of aliphatic imine (C=N–C) groups is 1. The van der Waals surface area contributed by atoms with E-state index in [1.807, 2.05) is 23.1 Å². The quantitative estimate of drug-likeness (QED) is 0.765. The molecule has 2 heterocycles. The highest BCUT2D eigenvalue weighted by molar-refractivity contribution is 8.16. The molecule has 0 N–H and O–H groups in total. The van der Waals surface area contributed by atoms with Crippen LogP contribution in [0.15, 0.2) is 59.6 Å².